The number of nitrogen functional groups attached to an aromatic ring is 1. The number of ether oxygens (including phenoxy) is 1. The summed E-state index contributed by atoms with van der Waals surface area (Å²) >= 11 is 5.94. The van der Waals surface area contributed by atoms with Crippen LogP contribution in [0.4, 0.5) is 5.69 Å². The molecule has 104 valence electrons. The van der Waals surface area contributed by atoms with Gasteiger partial charge in [-0.25, -0.2) is 0 Å². The van der Waals surface area contributed by atoms with E-state index in [2.05, 4.69) is 0 Å². The van der Waals surface area contributed by atoms with Crippen LogP contribution in [0.3, 0.4) is 0 Å². The number of amides is 1. The van der Waals surface area contributed by atoms with E-state index >= 15 is 0 Å². The van der Waals surface area contributed by atoms with Crippen LogP contribution in [0, 0.1) is 5.92 Å². The Morgan fingerprint density at radius 3 is 2.89 bits per heavy atom. The highest BCUT2D eigenvalue weighted by atomic mass is 35.5. The Morgan fingerprint density at radius 1 is 1.53 bits per heavy atom. The Hall–Kier alpha value is -1.26. The molecule has 4 nitrogen and oxygen atoms in total. The first-order valence-electron chi connectivity index (χ1n) is 6.53. The maximum absolute atomic E-state index is 12.4. The van der Waals surface area contributed by atoms with Gasteiger partial charge in [0, 0.05) is 41.9 Å². The first-order valence-corrected chi connectivity index (χ1v) is 6.91. The van der Waals surface area contributed by atoms with Crippen LogP contribution < -0.4 is 5.73 Å². The molecular weight excluding hydrogens is 264 g/mol. The Balaban J connectivity index is 2.10. The predicted molar refractivity (Wildman–Crippen MR) is 76.4 cm³/mol. The number of benzene rings is 1. The molecule has 0 aliphatic carbocycles. The highest BCUT2D eigenvalue weighted by molar-refractivity contribution is 6.31. The molecule has 2 N–H and O–H groups in total. The molecule has 1 aliphatic heterocycles. The summed E-state index contributed by atoms with van der Waals surface area (Å²) in [5.74, 6) is 0.407. The van der Waals surface area contributed by atoms with Crippen LogP contribution in [0.2, 0.25) is 5.02 Å². The molecule has 1 aromatic carbocycles. The van der Waals surface area contributed by atoms with Gasteiger partial charge in [0.05, 0.1) is 6.61 Å². The Kier molecular flexibility index (Phi) is 4.66. The van der Waals surface area contributed by atoms with Gasteiger partial charge in [-0.05, 0) is 31.5 Å². The van der Waals surface area contributed by atoms with E-state index in [9.17, 15) is 4.79 Å². The zero-order valence-electron chi connectivity index (χ0n) is 11.1. The van der Waals surface area contributed by atoms with E-state index in [4.69, 9.17) is 22.1 Å². The van der Waals surface area contributed by atoms with Crippen molar-refractivity contribution in [3.05, 3.63) is 28.8 Å². The summed E-state index contributed by atoms with van der Waals surface area (Å²) in [4.78, 5) is 14.3. The van der Waals surface area contributed by atoms with Crippen LogP contribution >= 0.6 is 11.6 Å². The van der Waals surface area contributed by atoms with E-state index in [-0.39, 0.29) is 5.91 Å². The molecule has 0 saturated carbocycles. The molecule has 1 atom stereocenters. The maximum atomic E-state index is 12.4. The first-order chi connectivity index (χ1) is 9.10. The average Bonchev–Trinajstić information content (AvgIpc) is 2.86. The molecule has 0 spiro atoms. The topological polar surface area (TPSA) is 55.6 Å². The number of nitrogens with zero attached hydrogens (tertiary/aromatic N) is 1. The Bertz CT molecular complexity index is 439. The molecule has 1 heterocycles. The summed E-state index contributed by atoms with van der Waals surface area (Å²) in [5.41, 5.74) is 6.78. The molecule has 1 amide bonds. The van der Waals surface area contributed by atoms with Gasteiger partial charge in [0.2, 0.25) is 0 Å². The van der Waals surface area contributed by atoms with Crippen LogP contribution in [-0.2, 0) is 4.74 Å². The summed E-state index contributed by atoms with van der Waals surface area (Å²) in [7, 11) is 0. The molecule has 0 radical (unpaired) electrons. The summed E-state index contributed by atoms with van der Waals surface area (Å²) in [6.45, 7) is 4.90. The van der Waals surface area contributed by atoms with Gasteiger partial charge in [-0.2, -0.15) is 0 Å². The smallest absolute Gasteiger partial charge is 0.253 e. The SMILES string of the molecule is CCN(CC1CCOC1)C(=O)c1cc(N)cc(Cl)c1. The van der Waals surface area contributed by atoms with Crippen molar-refractivity contribution in [1.82, 2.24) is 4.90 Å². The second-order valence-electron chi connectivity index (χ2n) is 4.85. The van der Waals surface area contributed by atoms with Crippen LogP contribution in [0.25, 0.3) is 0 Å². The van der Waals surface area contributed by atoms with Crippen molar-refractivity contribution >= 4 is 23.2 Å². The zero-order valence-corrected chi connectivity index (χ0v) is 11.8. The van der Waals surface area contributed by atoms with Gasteiger partial charge in [-0.15, -0.1) is 0 Å². The van der Waals surface area contributed by atoms with Crippen LogP contribution in [0.5, 0.6) is 0 Å². The number of halogens is 1. The van der Waals surface area contributed by atoms with Crippen molar-refractivity contribution in [3.63, 3.8) is 0 Å². The number of carbonyl (C=O) groups excluding carboxylic acids is 1. The highest BCUT2D eigenvalue weighted by Gasteiger charge is 2.22. The molecule has 1 fully saturated rings. The third kappa shape index (κ3) is 3.61. The fourth-order valence-electron chi connectivity index (χ4n) is 2.31. The molecule has 2 rings (SSSR count). The largest absolute Gasteiger partial charge is 0.399 e. The van der Waals surface area contributed by atoms with Crippen molar-refractivity contribution in [2.24, 2.45) is 5.92 Å². The fourth-order valence-corrected chi connectivity index (χ4v) is 2.56. The standard InChI is InChI=1S/C14H19ClN2O2/c1-2-17(8-10-3-4-19-9-10)14(18)11-5-12(15)7-13(16)6-11/h5-7,10H,2-4,8-9,16H2,1H3. The van der Waals surface area contributed by atoms with Gasteiger partial charge in [-0.1, -0.05) is 11.6 Å². The van der Waals surface area contributed by atoms with Gasteiger partial charge in [0.15, 0.2) is 0 Å². The lowest BCUT2D eigenvalue weighted by Gasteiger charge is -2.24. The van der Waals surface area contributed by atoms with Gasteiger partial charge in [-0.3, -0.25) is 4.79 Å². The third-order valence-electron chi connectivity index (χ3n) is 3.34. The van der Waals surface area contributed by atoms with Crippen molar-refractivity contribution in [2.45, 2.75) is 13.3 Å². The molecule has 5 heteroatoms. The quantitative estimate of drug-likeness (QED) is 0.863. The van der Waals surface area contributed by atoms with E-state index in [1.165, 1.54) is 0 Å². The second kappa shape index (κ2) is 6.26. The molecule has 19 heavy (non-hydrogen) atoms. The van der Waals surface area contributed by atoms with Crippen LogP contribution in [0.15, 0.2) is 18.2 Å². The fraction of sp³-hybridized carbons (Fsp3) is 0.500. The average molecular weight is 283 g/mol. The Morgan fingerprint density at radius 2 is 2.32 bits per heavy atom. The second-order valence-corrected chi connectivity index (χ2v) is 5.28. The lowest BCUT2D eigenvalue weighted by atomic mass is 10.1. The van der Waals surface area contributed by atoms with Crippen LogP contribution in [0.1, 0.15) is 23.7 Å². The molecule has 1 unspecified atom stereocenters. The molecule has 0 aromatic heterocycles. The van der Waals surface area contributed by atoms with Crippen molar-refractivity contribution in [3.8, 4) is 0 Å². The summed E-state index contributed by atoms with van der Waals surface area (Å²) < 4.78 is 5.35. The third-order valence-corrected chi connectivity index (χ3v) is 3.56. The lowest BCUT2D eigenvalue weighted by Crippen LogP contribution is -2.35. The number of hydrogen-bond donors (Lipinski definition) is 1. The first kappa shape index (κ1) is 14.2. The number of nitrogens with two attached hydrogens (primary N) is 1. The molecule has 1 aromatic rings. The number of hydrogen-bond acceptors (Lipinski definition) is 3. The van der Waals surface area contributed by atoms with Crippen molar-refractivity contribution in [1.29, 1.82) is 0 Å². The molecule has 0 bridgehead atoms. The number of carbonyl (C=O) groups is 1. The van der Waals surface area contributed by atoms with E-state index in [0.29, 0.717) is 28.7 Å². The summed E-state index contributed by atoms with van der Waals surface area (Å²) in [6.07, 6.45) is 1.02. The van der Waals surface area contributed by atoms with Gasteiger partial charge in [0.1, 0.15) is 0 Å². The molecule has 1 aliphatic rings. The van der Waals surface area contributed by atoms with Gasteiger partial charge < -0.3 is 15.4 Å². The normalized spacial score (nSPS) is 18.5. The minimum atomic E-state index is -0.0244. The van der Waals surface area contributed by atoms with Gasteiger partial charge >= 0.3 is 0 Å². The lowest BCUT2D eigenvalue weighted by molar-refractivity contribution is 0.0731. The predicted octanol–water partition coefficient (Wildman–Crippen LogP) is 2.42. The van der Waals surface area contributed by atoms with E-state index in [1.54, 1.807) is 18.2 Å². The minimum Gasteiger partial charge on any atom is -0.399 e. The van der Waals surface area contributed by atoms with Crippen LogP contribution in [-0.4, -0.2) is 37.1 Å². The molecular formula is C14H19ClN2O2. The summed E-state index contributed by atoms with van der Waals surface area (Å²) in [6, 6.07) is 4.97. The number of rotatable bonds is 4. The molecule has 1 saturated heterocycles. The zero-order chi connectivity index (χ0) is 13.8. The monoisotopic (exact) mass is 282 g/mol. The van der Waals surface area contributed by atoms with E-state index < -0.39 is 0 Å². The summed E-state index contributed by atoms with van der Waals surface area (Å²) in [5, 5.41) is 0.489. The Labute approximate surface area is 118 Å². The number of anilines is 1. The van der Waals surface area contributed by atoms with Crippen molar-refractivity contribution < 1.29 is 9.53 Å². The van der Waals surface area contributed by atoms with E-state index in [1.807, 2.05) is 11.8 Å². The van der Waals surface area contributed by atoms with Crippen molar-refractivity contribution in [2.75, 3.05) is 32.0 Å². The van der Waals surface area contributed by atoms with Gasteiger partial charge in [0.25, 0.3) is 5.91 Å². The van der Waals surface area contributed by atoms with E-state index in [0.717, 1.165) is 26.2 Å². The highest BCUT2D eigenvalue weighted by Crippen LogP contribution is 2.20. The maximum Gasteiger partial charge on any atom is 0.253 e. The minimum absolute atomic E-state index is 0.0244.